The first-order chi connectivity index (χ1) is 12.0. The van der Waals surface area contributed by atoms with Crippen LogP contribution in [0, 0.1) is 6.92 Å². The number of nitrogens with zero attached hydrogens (tertiary/aromatic N) is 1. The number of hydrogen-bond acceptors (Lipinski definition) is 4. The Morgan fingerprint density at radius 1 is 1.24 bits per heavy atom. The Balaban J connectivity index is 1.94. The van der Waals surface area contributed by atoms with Gasteiger partial charge < -0.3 is 10.3 Å². The van der Waals surface area contributed by atoms with Crippen molar-refractivity contribution in [1.82, 2.24) is 15.3 Å². The smallest absolute Gasteiger partial charge is 0.270 e. The Morgan fingerprint density at radius 3 is 2.72 bits per heavy atom. The van der Waals surface area contributed by atoms with E-state index in [0.717, 1.165) is 23.1 Å². The highest BCUT2D eigenvalue weighted by atomic mass is 16.2. The van der Waals surface area contributed by atoms with Crippen molar-refractivity contribution in [2.75, 3.05) is 0 Å². The van der Waals surface area contributed by atoms with Crippen LogP contribution >= 0.6 is 0 Å². The molecule has 1 amide bonds. The molecule has 1 atom stereocenters. The van der Waals surface area contributed by atoms with E-state index in [4.69, 9.17) is 0 Å². The van der Waals surface area contributed by atoms with Gasteiger partial charge in [-0.25, -0.2) is 4.98 Å². The summed E-state index contributed by atoms with van der Waals surface area (Å²) in [6, 6.07) is 12.0. The summed E-state index contributed by atoms with van der Waals surface area (Å²) in [6.45, 7) is 3.39. The van der Waals surface area contributed by atoms with Crippen molar-refractivity contribution in [2.24, 2.45) is 0 Å². The molecule has 2 N–H and O–H groups in total. The van der Waals surface area contributed by atoms with Crippen LogP contribution in [0.25, 0.3) is 10.8 Å². The van der Waals surface area contributed by atoms with Crippen molar-refractivity contribution in [3.63, 3.8) is 0 Å². The predicted molar refractivity (Wildman–Crippen MR) is 94.8 cm³/mol. The maximum Gasteiger partial charge on any atom is 0.270 e. The molecule has 0 bridgehead atoms. The van der Waals surface area contributed by atoms with Gasteiger partial charge in [0.25, 0.3) is 11.5 Å². The van der Waals surface area contributed by atoms with Crippen molar-refractivity contribution in [2.45, 2.75) is 19.9 Å². The van der Waals surface area contributed by atoms with Gasteiger partial charge in [0.05, 0.1) is 6.04 Å². The van der Waals surface area contributed by atoms with Crippen molar-refractivity contribution in [3.8, 4) is 0 Å². The summed E-state index contributed by atoms with van der Waals surface area (Å²) in [4.78, 5) is 42.0. The fourth-order valence-corrected chi connectivity index (χ4v) is 2.87. The monoisotopic (exact) mass is 335 g/mol. The van der Waals surface area contributed by atoms with Crippen LogP contribution in [-0.4, -0.2) is 22.2 Å². The Hall–Kier alpha value is -3.28. The number of aromatic amines is 1. The Labute approximate surface area is 143 Å². The number of hydrogen-bond donors (Lipinski definition) is 2. The van der Waals surface area contributed by atoms with Crippen LogP contribution in [0.15, 0.2) is 47.3 Å². The SMILES string of the molecule is Cc1nc(C(=O)N[C@H](C)c2ccc3ccccc3c2C=O)cc(=O)[nH]1. The van der Waals surface area contributed by atoms with Gasteiger partial charge in [0.2, 0.25) is 0 Å². The highest BCUT2D eigenvalue weighted by Gasteiger charge is 2.17. The lowest BCUT2D eigenvalue weighted by molar-refractivity contribution is 0.0933. The van der Waals surface area contributed by atoms with Crippen LogP contribution in [-0.2, 0) is 0 Å². The van der Waals surface area contributed by atoms with Crippen LogP contribution in [0.1, 0.15) is 45.2 Å². The lowest BCUT2D eigenvalue weighted by Crippen LogP contribution is -2.29. The number of nitrogens with one attached hydrogen (secondary N) is 2. The van der Waals surface area contributed by atoms with Crippen LogP contribution in [0.3, 0.4) is 0 Å². The number of H-pyrrole nitrogens is 1. The number of aldehydes is 1. The van der Waals surface area contributed by atoms with Crippen LogP contribution in [0.2, 0.25) is 0 Å². The first-order valence-electron chi connectivity index (χ1n) is 7.85. The fourth-order valence-electron chi connectivity index (χ4n) is 2.87. The van der Waals surface area contributed by atoms with Gasteiger partial charge in [-0.05, 0) is 30.2 Å². The average Bonchev–Trinajstić information content (AvgIpc) is 2.59. The maximum atomic E-state index is 12.4. The molecule has 1 heterocycles. The molecule has 1 aromatic heterocycles. The quantitative estimate of drug-likeness (QED) is 0.717. The Kier molecular flexibility index (Phi) is 4.43. The summed E-state index contributed by atoms with van der Waals surface area (Å²) in [5.74, 6) is -0.101. The van der Waals surface area contributed by atoms with Gasteiger partial charge in [0, 0.05) is 11.6 Å². The van der Waals surface area contributed by atoms with E-state index in [9.17, 15) is 14.4 Å². The van der Waals surface area contributed by atoms with Gasteiger partial charge in [-0.2, -0.15) is 0 Å². The fraction of sp³-hybridized carbons (Fsp3) is 0.158. The number of aryl methyl sites for hydroxylation is 1. The molecule has 0 spiro atoms. The Morgan fingerprint density at radius 2 is 2.00 bits per heavy atom. The van der Waals surface area contributed by atoms with E-state index < -0.39 is 11.9 Å². The molecule has 0 radical (unpaired) electrons. The van der Waals surface area contributed by atoms with E-state index in [1.807, 2.05) is 36.4 Å². The molecular weight excluding hydrogens is 318 g/mol. The zero-order valence-electron chi connectivity index (χ0n) is 13.9. The molecule has 0 fully saturated rings. The van der Waals surface area contributed by atoms with E-state index in [0.29, 0.717) is 17.0 Å². The summed E-state index contributed by atoms with van der Waals surface area (Å²) in [5.41, 5.74) is 0.913. The molecule has 0 saturated heterocycles. The van der Waals surface area contributed by atoms with Gasteiger partial charge >= 0.3 is 0 Å². The summed E-state index contributed by atoms with van der Waals surface area (Å²) >= 11 is 0. The van der Waals surface area contributed by atoms with Gasteiger partial charge in [-0.3, -0.25) is 14.4 Å². The number of fused-ring (bicyclic) bond motifs is 1. The van der Waals surface area contributed by atoms with Crippen molar-refractivity contribution in [3.05, 3.63) is 75.5 Å². The van der Waals surface area contributed by atoms with E-state index in [1.165, 1.54) is 0 Å². The molecule has 3 aromatic rings. The minimum absolute atomic E-state index is 0.0431. The molecular formula is C19H17N3O3. The maximum absolute atomic E-state index is 12.4. The number of rotatable bonds is 4. The zero-order chi connectivity index (χ0) is 18.0. The molecule has 25 heavy (non-hydrogen) atoms. The minimum Gasteiger partial charge on any atom is -0.344 e. The van der Waals surface area contributed by atoms with Gasteiger partial charge in [-0.1, -0.05) is 36.4 Å². The van der Waals surface area contributed by atoms with E-state index in [2.05, 4.69) is 15.3 Å². The molecule has 0 aliphatic carbocycles. The molecule has 0 saturated carbocycles. The molecule has 2 aromatic carbocycles. The second-order valence-electron chi connectivity index (χ2n) is 5.82. The van der Waals surface area contributed by atoms with Gasteiger partial charge in [0.1, 0.15) is 11.5 Å². The molecule has 126 valence electrons. The predicted octanol–water partition coefficient (Wildman–Crippen LogP) is 2.54. The summed E-state index contributed by atoms with van der Waals surface area (Å²) < 4.78 is 0. The molecule has 3 rings (SSSR count). The Bertz CT molecular complexity index is 1020. The number of carbonyl (C=O) groups excluding carboxylic acids is 2. The minimum atomic E-state index is -0.466. The average molecular weight is 335 g/mol. The topological polar surface area (TPSA) is 91.9 Å². The van der Waals surface area contributed by atoms with Crippen LogP contribution < -0.4 is 10.9 Å². The summed E-state index contributed by atoms with van der Waals surface area (Å²) in [5, 5.41) is 4.58. The van der Waals surface area contributed by atoms with Crippen LogP contribution in [0.5, 0.6) is 0 Å². The second-order valence-corrected chi connectivity index (χ2v) is 5.82. The first kappa shape index (κ1) is 16.6. The molecule has 0 aliphatic heterocycles. The van der Waals surface area contributed by atoms with E-state index >= 15 is 0 Å². The van der Waals surface area contributed by atoms with Crippen molar-refractivity contribution in [1.29, 1.82) is 0 Å². The third-order valence-electron chi connectivity index (χ3n) is 4.03. The van der Waals surface area contributed by atoms with Crippen LogP contribution in [0.4, 0.5) is 0 Å². The highest BCUT2D eigenvalue weighted by Crippen LogP contribution is 2.25. The zero-order valence-corrected chi connectivity index (χ0v) is 13.9. The third-order valence-corrected chi connectivity index (χ3v) is 4.03. The molecule has 6 heteroatoms. The number of benzene rings is 2. The van der Waals surface area contributed by atoms with E-state index in [1.54, 1.807) is 13.8 Å². The van der Waals surface area contributed by atoms with Crippen molar-refractivity contribution < 1.29 is 9.59 Å². The number of amides is 1. The van der Waals surface area contributed by atoms with Gasteiger partial charge in [-0.15, -0.1) is 0 Å². The largest absolute Gasteiger partial charge is 0.344 e. The molecule has 0 aliphatic rings. The standard InChI is InChI=1S/C19H17N3O3/c1-11(20-19(25)17-9-18(24)22-12(2)21-17)14-8-7-13-5-3-4-6-15(13)16(14)10-23/h3-11H,1-2H3,(H,20,25)(H,21,22,24)/t11-/m1/s1. The van der Waals surface area contributed by atoms with Crippen molar-refractivity contribution >= 4 is 23.0 Å². The lowest BCUT2D eigenvalue weighted by atomic mass is 9.96. The lowest BCUT2D eigenvalue weighted by Gasteiger charge is -2.17. The summed E-state index contributed by atoms with van der Waals surface area (Å²) in [6.07, 6.45) is 0.802. The number of carbonyl (C=O) groups is 2. The summed E-state index contributed by atoms with van der Waals surface area (Å²) in [7, 11) is 0. The molecule has 6 nitrogen and oxygen atoms in total. The third kappa shape index (κ3) is 3.33. The second kappa shape index (κ2) is 6.68. The first-order valence-corrected chi connectivity index (χ1v) is 7.85. The number of aromatic nitrogens is 2. The molecule has 0 unspecified atom stereocenters. The normalized spacial score (nSPS) is 11.9. The highest BCUT2D eigenvalue weighted by molar-refractivity contribution is 6.00. The van der Waals surface area contributed by atoms with E-state index in [-0.39, 0.29) is 11.3 Å². The van der Waals surface area contributed by atoms with Gasteiger partial charge in [0.15, 0.2) is 6.29 Å².